The second-order valence-electron chi connectivity index (χ2n) is 11.2. The van der Waals surface area contributed by atoms with Crippen LogP contribution in [0.4, 0.5) is 11.4 Å². The smallest absolute Gasteiger partial charge is 0.338 e. The van der Waals surface area contributed by atoms with Gasteiger partial charge >= 0.3 is 5.97 Å². The number of carbonyl (C=O) groups is 1. The van der Waals surface area contributed by atoms with Gasteiger partial charge in [0.1, 0.15) is 0 Å². The van der Waals surface area contributed by atoms with E-state index >= 15 is 0 Å². The Hall–Kier alpha value is -4.93. The van der Waals surface area contributed by atoms with Gasteiger partial charge in [0.15, 0.2) is 23.0 Å². The predicted molar refractivity (Wildman–Crippen MR) is 195 cm³/mol. The lowest BCUT2D eigenvalue weighted by Crippen LogP contribution is -2.42. The van der Waals surface area contributed by atoms with Gasteiger partial charge in [-0.3, -0.25) is 0 Å². The summed E-state index contributed by atoms with van der Waals surface area (Å²) < 4.78 is 40.3. The lowest BCUT2D eigenvalue weighted by molar-refractivity contribution is -0.139. The molecule has 50 heavy (non-hydrogen) atoms. The molecule has 0 amide bonds. The first-order chi connectivity index (χ1) is 24.2. The SMILES string of the molecule is CCOC(=O)C1=C(Nc2ccc(Cl)cc2)CC(c2cc(OC)c(OC)c(OC)c2)N(c2ccc(Cl)cc2)C1c1cc(OC)c(OC)c(OC)c1. The number of methoxy groups -OCH3 is 6. The van der Waals surface area contributed by atoms with E-state index in [9.17, 15) is 4.79 Å². The van der Waals surface area contributed by atoms with Crippen LogP contribution in [-0.4, -0.2) is 55.2 Å². The van der Waals surface area contributed by atoms with Gasteiger partial charge in [0.05, 0.1) is 66.9 Å². The fourth-order valence-electron chi connectivity index (χ4n) is 6.26. The normalized spacial score (nSPS) is 15.7. The van der Waals surface area contributed by atoms with E-state index in [-0.39, 0.29) is 6.61 Å². The van der Waals surface area contributed by atoms with Crippen molar-refractivity contribution in [3.8, 4) is 34.5 Å². The molecule has 12 heteroatoms. The maximum absolute atomic E-state index is 14.3. The molecule has 264 valence electrons. The van der Waals surface area contributed by atoms with E-state index in [0.717, 1.165) is 16.9 Å². The van der Waals surface area contributed by atoms with Crippen molar-refractivity contribution < 1.29 is 38.0 Å². The maximum atomic E-state index is 14.3. The summed E-state index contributed by atoms with van der Waals surface area (Å²) in [6, 6.07) is 21.0. The van der Waals surface area contributed by atoms with Crippen LogP contribution in [0.3, 0.4) is 0 Å². The first-order valence-corrected chi connectivity index (χ1v) is 16.5. The van der Waals surface area contributed by atoms with E-state index < -0.39 is 18.1 Å². The molecule has 4 aromatic rings. The number of hydrogen-bond donors (Lipinski definition) is 1. The van der Waals surface area contributed by atoms with Crippen LogP contribution >= 0.6 is 23.2 Å². The lowest BCUT2D eigenvalue weighted by Gasteiger charge is -2.46. The van der Waals surface area contributed by atoms with Crippen LogP contribution in [0.2, 0.25) is 10.0 Å². The number of hydrogen-bond acceptors (Lipinski definition) is 10. The standard InChI is InChI=1S/C38H40Cl2N2O8/c1-8-50-38(43)34-28(41-26-13-9-24(39)10-14-26)21-29(22-17-30(44-2)36(48-6)31(18-22)45-3)42(27-15-11-25(40)12-16-27)35(34)23-19-32(46-4)37(49-7)33(20-23)47-5/h9-20,29,35,41H,8,21H2,1-7H3. The highest BCUT2D eigenvalue weighted by Gasteiger charge is 2.43. The molecule has 1 aliphatic heterocycles. The second kappa shape index (κ2) is 16.2. The number of halogens is 2. The van der Waals surface area contributed by atoms with Crippen molar-refractivity contribution >= 4 is 40.5 Å². The Bertz CT molecular complexity index is 1800. The highest BCUT2D eigenvalue weighted by atomic mass is 35.5. The molecule has 0 fully saturated rings. The molecular weight excluding hydrogens is 683 g/mol. The van der Waals surface area contributed by atoms with E-state index in [4.69, 9.17) is 56.4 Å². The van der Waals surface area contributed by atoms with E-state index in [2.05, 4.69) is 10.2 Å². The number of nitrogens with one attached hydrogen (secondary N) is 1. The summed E-state index contributed by atoms with van der Waals surface area (Å²) in [5.41, 5.74) is 4.02. The summed E-state index contributed by atoms with van der Waals surface area (Å²) in [6.07, 6.45) is 0.332. The lowest BCUT2D eigenvalue weighted by atomic mass is 9.83. The molecule has 0 radical (unpaired) electrons. The molecule has 1 aliphatic rings. The third-order valence-corrected chi connectivity index (χ3v) is 8.95. The average Bonchev–Trinajstić information content (AvgIpc) is 3.14. The minimum Gasteiger partial charge on any atom is -0.493 e. The van der Waals surface area contributed by atoms with Crippen LogP contribution in [0.25, 0.3) is 0 Å². The van der Waals surface area contributed by atoms with Gasteiger partial charge in [-0.1, -0.05) is 23.2 Å². The highest BCUT2D eigenvalue weighted by Crippen LogP contribution is 2.52. The fourth-order valence-corrected chi connectivity index (χ4v) is 6.51. The monoisotopic (exact) mass is 722 g/mol. The topological polar surface area (TPSA) is 97.0 Å². The van der Waals surface area contributed by atoms with Gasteiger partial charge in [0.2, 0.25) is 11.5 Å². The van der Waals surface area contributed by atoms with Crippen LogP contribution in [0.15, 0.2) is 84.1 Å². The molecular formula is C38H40Cl2N2O8. The van der Waals surface area contributed by atoms with Crippen molar-refractivity contribution in [2.45, 2.75) is 25.4 Å². The summed E-state index contributed by atoms with van der Waals surface area (Å²) in [5.74, 6) is 2.17. The first kappa shape index (κ1) is 36.4. The Kier molecular flexibility index (Phi) is 11.8. The number of esters is 1. The zero-order valence-corrected chi connectivity index (χ0v) is 30.5. The summed E-state index contributed by atoms with van der Waals surface area (Å²) in [6.45, 7) is 1.94. The molecule has 0 saturated carbocycles. The van der Waals surface area contributed by atoms with Gasteiger partial charge in [-0.2, -0.15) is 0 Å². The summed E-state index contributed by atoms with van der Waals surface area (Å²) in [7, 11) is 9.34. The van der Waals surface area contributed by atoms with E-state index in [1.165, 1.54) is 0 Å². The van der Waals surface area contributed by atoms with E-state index in [0.29, 0.717) is 67.8 Å². The molecule has 0 saturated heterocycles. The number of benzene rings is 4. The number of anilines is 2. The third-order valence-electron chi connectivity index (χ3n) is 8.44. The highest BCUT2D eigenvalue weighted by molar-refractivity contribution is 6.30. The Balaban J connectivity index is 1.89. The molecule has 0 spiro atoms. The van der Waals surface area contributed by atoms with E-state index in [1.54, 1.807) is 61.7 Å². The molecule has 5 rings (SSSR count). The zero-order chi connectivity index (χ0) is 35.9. The van der Waals surface area contributed by atoms with Gasteiger partial charge in [0, 0.05) is 33.5 Å². The molecule has 1 heterocycles. The quantitative estimate of drug-likeness (QED) is 0.135. The van der Waals surface area contributed by atoms with Crippen molar-refractivity contribution in [1.29, 1.82) is 0 Å². The van der Waals surface area contributed by atoms with Gasteiger partial charge in [-0.15, -0.1) is 0 Å². The van der Waals surface area contributed by atoms with Crippen LogP contribution < -0.4 is 38.6 Å². The second-order valence-corrected chi connectivity index (χ2v) is 12.0. The Morgan fingerprint density at radius 3 is 1.60 bits per heavy atom. The van der Waals surface area contributed by atoms with Crippen molar-refractivity contribution in [3.05, 3.63) is 105 Å². The molecule has 4 aromatic carbocycles. The van der Waals surface area contributed by atoms with Crippen molar-refractivity contribution in [2.75, 3.05) is 59.5 Å². The first-order valence-electron chi connectivity index (χ1n) is 15.8. The van der Waals surface area contributed by atoms with Crippen LogP contribution in [0.1, 0.15) is 36.6 Å². The average molecular weight is 724 g/mol. The summed E-state index contributed by atoms with van der Waals surface area (Å²) in [5, 5.41) is 4.68. The van der Waals surface area contributed by atoms with Crippen molar-refractivity contribution in [2.24, 2.45) is 0 Å². The molecule has 2 unspecified atom stereocenters. The number of nitrogens with zero attached hydrogens (tertiary/aromatic N) is 1. The zero-order valence-electron chi connectivity index (χ0n) is 29.0. The third kappa shape index (κ3) is 7.32. The predicted octanol–water partition coefficient (Wildman–Crippen LogP) is 8.67. The van der Waals surface area contributed by atoms with Crippen LogP contribution in [0, 0.1) is 0 Å². The minimum absolute atomic E-state index is 0.162. The van der Waals surface area contributed by atoms with Crippen LogP contribution in [0.5, 0.6) is 34.5 Å². The molecule has 0 aromatic heterocycles. The van der Waals surface area contributed by atoms with Gasteiger partial charge < -0.3 is 43.4 Å². The van der Waals surface area contributed by atoms with Crippen molar-refractivity contribution in [1.82, 2.24) is 0 Å². The fraction of sp³-hybridized carbons (Fsp3) is 0.289. The number of carbonyl (C=O) groups excluding carboxylic acids is 1. The molecule has 1 N–H and O–H groups in total. The van der Waals surface area contributed by atoms with Gasteiger partial charge in [-0.25, -0.2) is 4.79 Å². The Labute approximate surface area is 302 Å². The molecule has 0 aliphatic carbocycles. The van der Waals surface area contributed by atoms with Gasteiger partial charge in [0.25, 0.3) is 0 Å². The van der Waals surface area contributed by atoms with Crippen LogP contribution in [-0.2, 0) is 9.53 Å². The molecule has 10 nitrogen and oxygen atoms in total. The molecule has 2 atom stereocenters. The molecule has 0 bridgehead atoms. The van der Waals surface area contributed by atoms with Gasteiger partial charge in [-0.05, 0) is 90.8 Å². The summed E-state index contributed by atoms with van der Waals surface area (Å²) in [4.78, 5) is 16.4. The van der Waals surface area contributed by atoms with E-state index in [1.807, 2.05) is 60.7 Å². The Morgan fingerprint density at radius 2 is 1.16 bits per heavy atom. The maximum Gasteiger partial charge on any atom is 0.338 e. The summed E-state index contributed by atoms with van der Waals surface area (Å²) >= 11 is 12.7. The number of rotatable bonds is 13. The number of ether oxygens (including phenoxy) is 7. The minimum atomic E-state index is -0.767. The Morgan fingerprint density at radius 1 is 0.700 bits per heavy atom. The largest absolute Gasteiger partial charge is 0.493 e. The van der Waals surface area contributed by atoms with Crippen molar-refractivity contribution in [3.63, 3.8) is 0 Å².